The molecule has 3 nitrogen and oxygen atoms in total. The molecule has 0 aromatic heterocycles. The van der Waals surface area contributed by atoms with Crippen LogP contribution in [0.4, 0.5) is 0 Å². The van der Waals surface area contributed by atoms with E-state index in [9.17, 15) is 0 Å². The minimum atomic E-state index is 0.171. The van der Waals surface area contributed by atoms with E-state index in [0.717, 1.165) is 39.1 Å². The van der Waals surface area contributed by atoms with Crippen LogP contribution in [0.5, 0.6) is 0 Å². The van der Waals surface area contributed by atoms with E-state index in [-0.39, 0.29) is 12.0 Å². The molecule has 2 N–H and O–H groups in total. The molecule has 0 saturated heterocycles. The lowest BCUT2D eigenvalue weighted by atomic mass is 9.90. The summed E-state index contributed by atoms with van der Waals surface area (Å²) in [5, 5.41) is 12.3. The summed E-state index contributed by atoms with van der Waals surface area (Å²) in [4.78, 5) is 0. The van der Waals surface area contributed by atoms with Gasteiger partial charge in [0.05, 0.1) is 13.2 Å². The minimum absolute atomic E-state index is 0.171. The van der Waals surface area contributed by atoms with Crippen molar-refractivity contribution in [1.29, 1.82) is 0 Å². The lowest BCUT2D eigenvalue weighted by Crippen LogP contribution is -2.32. The molecule has 0 atom stereocenters. The summed E-state index contributed by atoms with van der Waals surface area (Å²) in [5.41, 5.74) is 1.52. The molecule has 0 aromatic rings. The van der Waals surface area contributed by atoms with Crippen molar-refractivity contribution in [3.05, 3.63) is 11.6 Å². The molecule has 1 aliphatic heterocycles. The van der Waals surface area contributed by atoms with Crippen molar-refractivity contribution in [1.82, 2.24) is 5.32 Å². The zero-order chi connectivity index (χ0) is 11.1. The van der Waals surface area contributed by atoms with E-state index in [1.54, 1.807) is 0 Å². The highest BCUT2D eigenvalue weighted by atomic mass is 16.5. The van der Waals surface area contributed by atoms with Gasteiger partial charge in [0.2, 0.25) is 0 Å². The van der Waals surface area contributed by atoms with Crippen LogP contribution in [0, 0.1) is 5.41 Å². The van der Waals surface area contributed by atoms with Crippen LogP contribution in [0.2, 0.25) is 0 Å². The largest absolute Gasteiger partial charge is 0.396 e. The van der Waals surface area contributed by atoms with Gasteiger partial charge in [0.25, 0.3) is 0 Å². The van der Waals surface area contributed by atoms with Gasteiger partial charge < -0.3 is 15.2 Å². The van der Waals surface area contributed by atoms with Crippen LogP contribution in [0.3, 0.4) is 0 Å². The zero-order valence-electron chi connectivity index (χ0n) is 9.88. The van der Waals surface area contributed by atoms with Gasteiger partial charge in [-0.2, -0.15) is 0 Å². The van der Waals surface area contributed by atoms with E-state index in [0.29, 0.717) is 0 Å². The summed E-state index contributed by atoms with van der Waals surface area (Å²) >= 11 is 0. The van der Waals surface area contributed by atoms with E-state index in [1.165, 1.54) is 5.57 Å². The summed E-state index contributed by atoms with van der Waals surface area (Å²) in [6.45, 7) is 8.08. The first-order chi connectivity index (χ1) is 7.14. The number of ether oxygens (including phenoxy) is 1. The molecule has 3 heteroatoms. The lowest BCUT2D eigenvalue weighted by Gasteiger charge is -2.24. The van der Waals surface area contributed by atoms with Crippen molar-refractivity contribution in [3.63, 3.8) is 0 Å². The van der Waals surface area contributed by atoms with Crippen LogP contribution in [0.1, 0.15) is 26.7 Å². The second kappa shape index (κ2) is 6.26. The van der Waals surface area contributed by atoms with Gasteiger partial charge in [-0.1, -0.05) is 19.9 Å². The summed E-state index contributed by atoms with van der Waals surface area (Å²) < 4.78 is 5.36. The summed E-state index contributed by atoms with van der Waals surface area (Å²) in [6, 6.07) is 0. The van der Waals surface area contributed by atoms with Gasteiger partial charge in [0, 0.05) is 19.7 Å². The van der Waals surface area contributed by atoms with Crippen molar-refractivity contribution < 1.29 is 9.84 Å². The number of aliphatic hydroxyl groups excluding tert-OH is 1. The summed E-state index contributed by atoms with van der Waals surface area (Å²) in [6.07, 6.45) is 4.14. The topological polar surface area (TPSA) is 41.5 Å². The monoisotopic (exact) mass is 213 g/mol. The maximum absolute atomic E-state index is 8.89. The van der Waals surface area contributed by atoms with Crippen LogP contribution in [-0.2, 0) is 4.74 Å². The Balaban J connectivity index is 2.17. The fraction of sp³-hybridized carbons (Fsp3) is 0.833. The minimum Gasteiger partial charge on any atom is -0.396 e. The predicted molar refractivity (Wildman–Crippen MR) is 61.9 cm³/mol. The number of hydrogen-bond acceptors (Lipinski definition) is 3. The van der Waals surface area contributed by atoms with Crippen LogP contribution < -0.4 is 5.32 Å². The molecule has 0 saturated carbocycles. The highest BCUT2D eigenvalue weighted by molar-refractivity contribution is 5.06. The molecular weight excluding hydrogens is 190 g/mol. The van der Waals surface area contributed by atoms with Gasteiger partial charge in [-0.05, 0) is 23.8 Å². The molecule has 1 heterocycles. The Bertz CT molecular complexity index is 212. The van der Waals surface area contributed by atoms with Gasteiger partial charge in [-0.3, -0.25) is 0 Å². The normalized spacial score (nSPS) is 17.7. The Morgan fingerprint density at radius 3 is 2.93 bits per heavy atom. The standard InChI is InChI=1S/C12H23NO2/c1-12(2,5-6-14)10-13-8-11-4-3-7-15-9-11/h4,13-14H,3,5-10H2,1-2H3. The van der Waals surface area contributed by atoms with Gasteiger partial charge in [0.1, 0.15) is 0 Å². The van der Waals surface area contributed by atoms with E-state index >= 15 is 0 Å². The number of nitrogens with one attached hydrogen (secondary N) is 1. The number of rotatable bonds is 6. The van der Waals surface area contributed by atoms with Crippen molar-refractivity contribution in [2.24, 2.45) is 5.41 Å². The molecule has 0 radical (unpaired) electrons. The van der Waals surface area contributed by atoms with Crippen LogP contribution in [0.15, 0.2) is 11.6 Å². The molecule has 1 aliphatic rings. The fourth-order valence-corrected chi connectivity index (χ4v) is 1.68. The Morgan fingerprint density at radius 2 is 2.33 bits per heavy atom. The zero-order valence-corrected chi connectivity index (χ0v) is 9.88. The van der Waals surface area contributed by atoms with Gasteiger partial charge in [-0.15, -0.1) is 0 Å². The van der Waals surface area contributed by atoms with E-state index in [2.05, 4.69) is 25.2 Å². The molecule has 0 spiro atoms. The Morgan fingerprint density at radius 1 is 1.53 bits per heavy atom. The molecule has 0 aromatic carbocycles. The van der Waals surface area contributed by atoms with E-state index in [4.69, 9.17) is 9.84 Å². The number of aliphatic hydroxyl groups is 1. The Kier molecular flexibility index (Phi) is 5.29. The average molecular weight is 213 g/mol. The van der Waals surface area contributed by atoms with Crippen LogP contribution in [-0.4, -0.2) is 38.0 Å². The van der Waals surface area contributed by atoms with E-state index < -0.39 is 0 Å². The second-order valence-corrected chi connectivity index (χ2v) is 4.95. The van der Waals surface area contributed by atoms with Gasteiger partial charge in [0.15, 0.2) is 0 Å². The summed E-state index contributed by atoms with van der Waals surface area (Å²) in [5.74, 6) is 0. The molecular formula is C12H23NO2. The van der Waals surface area contributed by atoms with Crippen LogP contribution >= 0.6 is 0 Å². The SMILES string of the molecule is CC(C)(CCO)CNCC1=CCCOC1. The first kappa shape index (κ1) is 12.7. The first-order valence-corrected chi connectivity index (χ1v) is 5.71. The molecule has 15 heavy (non-hydrogen) atoms. The van der Waals surface area contributed by atoms with Crippen molar-refractivity contribution in [2.45, 2.75) is 26.7 Å². The van der Waals surface area contributed by atoms with Crippen LogP contribution in [0.25, 0.3) is 0 Å². The second-order valence-electron chi connectivity index (χ2n) is 4.95. The molecule has 0 fully saturated rings. The Labute approximate surface area is 92.5 Å². The third-order valence-electron chi connectivity index (χ3n) is 2.73. The van der Waals surface area contributed by atoms with E-state index in [1.807, 2.05) is 0 Å². The van der Waals surface area contributed by atoms with Crippen molar-refractivity contribution in [3.8, 4) is 0 Å². The Hall–Kier alpha value is -0.380. The maximum atomic E-state index is 8.89. The quantitative estimate of drug-likeness (QED) is 0.654. The maximum Gasteiger partial charge on any atom is 0.0689 e. The molecule has 1 rings (SSSR count). The first-order valence-electron chi connectivity index (χ1n) is 5.71. The molecule has 0 amide bonds. The molecule has 88 valence electrons. The third kappa shape index (κ3) is 5.30. The smallest absolute Gasteiger partial charge is 0.0689 e. The predicted octanol–water partition coefficient (Wildman–Crippen LogP) is 1.33. The third-order valence-corrected chi connectivity index (χ3v) is 2.73. The van der Waals surface area contributed by atoms with Crippen molar-refractivity contribution in [2.75, 3.05) is 32.9 Å². The molecule has 0 unspecified atom stereocenters. The van der Waals surface area contributed by atoms with Crippen molar-refractivity contribution >= 4 is 0 Å². The van der Waals surface area contributed by atoms with Gasteiger partial charge >= 0.3 is 0 Å². The number of hydrogen-bond donors (Lipinski definition) is 2. The lowest BCUT2D eigenvalue weighted by molar-refractivity contribution is 0.148. The average Bonchev–Trinajstić information content (AvgIpc) is 2.19. The van der Waals surface area contributed by atoms with Gasteiger partial charge in [-0.25, -0.2) is 0 Å². The molecule has 0 bridgehead atoms. The fourth-order valence-electron chi connectivity index (χ4n) is 1.68. The highest BCUT2D eigenvalue weighted by Gasteiger charge is 2.16. The summed E-state index contributed by atoms with van der Waals surface area (Å²) in [7, 11) is 0. The molecule has 0 aliphatic carbocycles. The highest BCUT2D eigenvalue weighted by Crippen LogP contribution is 2.18.